The third-order valence-corrected chi connectivity index (χ3v) is 5.54. The van der Waals surface area contributed by atoms with E-state index in [0.717, 1.165) is 36.1 Å². The predicted molar refractivity (Wildman–Crippen MR) is 69.8 cm³/mol. The lowest BCUT2D eigenvalue weighted by molar-refractivity contribution is 0.373. The van der Waals surface area contributed by atoms with Gasteiger partial charge in [0, 0.05) is 24.0 Å². The second-order valence-electron chi connectivity index (χ2n) is 6.27. The molecular weight excluding hydrogens is 222 g/mol. The molecule has 1 aromatic heterocycles. The number of aromatic nitrogens is 2. The minimum Gasteiger partial charge on any atom is -0.310 e. The molecule has 18 heavy (non-hydrogen) atoms. The number of hydrogen-bond acceptors (Lipinski definition) is 3. The molecule has 3 nitrogen and oxygen atoms in total. The second-order valence-corrected chi connectivity index (χ2v) is 6.27. The highest BCUT2D eigenvalue weighted by atomic mass is 15.0. The van der Waals surface area contributed by atoms with Crippen LogP contribution in [-0.2, 0) is 0 Å². The molecule has 0 saturated heterocycles. The van der Waals surface area contributed by atoms with Gasteiger partial charge in [-0.05, 0) is 55.4 Å². The molecule has 4 rings (SSSR count). The fourth-order valence-electron chi connectivity index (χ4n) is 5.01. The molecule has 3 saturated carbocycles. The lowest BCUT2D eigenvalue weighted by Crippen LogP contribution is -2.25. The first-order valence-electron chi connectivity index (χ1n) is 7.38. The number of fused-ring (bicyclic) bond motifs is 5. The fourth-order valence-corrected chi connectivity index (χ4v) is 5.01. The summed E-state index contributed by atoms with van der Waals surface area (Å²) < 4.78 is 0. The van der Waals surface area contributed by atoms with Crippen molar-refractivity contribution >= 4 is 0 Å². The van der Waals surface area contributed by atoms with Crippen LogP contribution >= 0.6 is 0 Å². The Labute approximate surface area is 108 Å². The Morgan fingerprint density at radius 3 is 2.50 bits per heavy atom. The summed E-state index contributed by atoms with van der Waals surface area (Å²) in [5.41, 5.74) is 1.29. The van der Waals surface area contributed by atoms with Gasteiger partial charge in [0.1, 0.15) is 6.33 Å². The van der Waals surface area contributed by atoms with E-state index in [4.69, 9.17) is 0 Å². The van der Waals surface area contributed by atoms with Gasteiger partial charge in [-0.1, -0.05) is 6.92 Å². The van der Waals surface area contributed by atoms with Crippen molar-refractivity contribution in [2.45, 2.75) is 32.2 Å². The van der Waals surface area contributed by atoms with Crippen LogP contribution in [0.3, 0.4) is 0 Å². The van der Waals surface area contributed by atoms with Crippen molar-refractivity contribution in [2.24, 2.45) is 29.6 Å². The standard InChI is InChI=1S/C15H21N3/c1-2-18-15(11-6-16-8-17-7-11)14-12-9-3-4-10(5-9)13(12)14/h6-10,12-15,18H,2-5H2,1H3. The van der Waals surface area contributed by atoms with Gasteiger partial charge in [0.2, 0.25) is 0 Å². The molecule has 96 valence electrons. The van der Waals surface area contributed by atoms with E-state index in [1.165, 1.54) is 24.8 Å². The van der Waals surface area contributed by atoms with E-state index in [0.29, 0.717) is 6.04 Å². The van der Waals surface area contributed by atoms with Crippen molar-refractivity contribution in [1.29, 1.82) is 0 Å². The maximum Gasteiger partial charge on any atom is 0.115 e. The van der Waals surface area contributed by atoms with Gasteiger partial charge in [-0.3, -0.25) is 0 Å². The maximum absolute atomic E-state index is 4.19. The molecule has 1 heterocycles. The maximum atomic E-state index is 4.19. The first kappa shape index (κ1) is 10.9. The summed E-state index contributed by atoms with van der Waals surface area (Å²) in [6.45, 7) is 3.23. The molecule has 0 aromatic carbocycles. The molecule has 1 aromatic rings. The summed E-state index contributed by atoms with van der Waals surface area (Å²) in [5.74, 6) is 4.95. The largest absolute Gasteiger partial charge is 0.310 e. The predicted octanol–water partition coefficient (Wildman–Crippen LogP) is 2.42. The topological polar surface area (TPSA) is 37.8 Å². The van der Waals surface area contributed by atoms with Gasteiger partial charge in [0.25, 0.3) is 0 Å². The van der Waals surface area contributed by atoms with Gasteiger partial charge in [-0.15, -0.1) is 0 Å². The molecule has 3 heteroatoms. The van der Waals surface area contributed by atoms with Gasteiger partial charge in [0.15, 0.2) is 0 Å². The Morgan fingerprint density at radius 1 is 1.22 bits per heavy atom. The summed E-state index contributed by atoms with van der Waals surface area (Å²) in [5, 5.41) is 3.68. The molecule has 3 fully saturated rings. The first-order chi connectivity index (χ1) is 8.90. The molecule has 3 aliphatic carbocycles. The van der Waals surface area contributed by atoms with Gasteiger partial charge in [-0.25, -0.2) is 9.97 Å². The fraction of sp³-hybridized carbons (Fsp3) is 0.733. The normalized spacial score (nSPS) is 41.7. The quantitative estimate of drug-likeness (QED) is 0.882. The van der Waals surface area contributed by atoms with E-state index >= 15 is 0 Å². The van der Waals surface area contributed by atoms with Crippen molar-refractivity contribution in [1.82, 2.24) is 15.3 Å². The molecule has 0 amide bonds. The lowest BCUT2D eigenvalue weighted by Gasteiger charge is -2.21. The molecule has 3 aliphatic rings. The number of rotatable bonds is 4. The zero-order chi connectivity index (χ0) is 12.1. The Bertz CT molecular complexity index is 417. The molecule has 0 radical (unpaired) electrons. The average Bonchev–Trinajstić information content (AvgIpc) is 2.83. The van der Waals surface area contributed by atoms with Crippen molar-refractivity contribution in [2.75, 3.05) is 6.54 Å². The summed E-state index contributed by atoms with van der Waals surface area (Å²) in [6.07, 6.45) is 10.1. The van der Waals surface area contributed by atoms with Crippen LogP contribution in [0.5, 0.6) is 0 Å². The SMILES string of the molecule is CCNC(c1cncnc1)C1C2C3CCC(C3)C21. The van der Waals surface area contributed by atoms with Gasteiger partial charge < -0.3 is 5.32 Å². The van der Waals surface area contributed by atoms with Crippen LogP contribution < -0.4 is 5.32 Å². The van der Waals surface area contributed by atoms with Gasteiger partial charge in [-0.2, -0.15) is 0 Å². The Morgan fingerprint density at radius 2 is 1.89 bits per heavy atom. The summed E-state index contributed by atoms with van der Waals surface area (Å²) in [7, 11) is 0. The number of hydrogen-bond donors (Lipinski definition) is 1. The van der Waals surface area contributed by atoms with E-state index in [1.54, 1.807) is 6.33 Å². The Hall–Kier alpha value is -0.960. The molecule has 2 bridgehead atoms. The van der Waals surface area contributed by atoms with Crippen LogP contribution in [0, 0.1) is 29.6 Å². The van der Waals surface area contributed by atoms with E-state index < -0.39 is 0 Å². The molecule has 0 aliphatic heterocycles. The van der Waals surface area contributed by atoms with E-state index in [2.05, 4.69) is 22.2 Å². The van der Waals surface area contributed by atoms with Crippen LogP contribution in [0.25, 0.3) is 0 Å². The molecule has 5 atom stereocenters. The molecular formula is C15H21N3. The third kappa shape index (κ3) is 1.46. The lowest BCUT2D eigenvalue weighted by atomic mass is 9.94. The highest BCUT2D eigenvalue weighted by Gasteiger charge is 2.66. The van der Waals surface area contributed by atoms with Crippen molar-refractivity contribution < 1.29 is 0 Å². The highest BCUT2D eigenvalue weighted by Crippen LogP contribution is 2.72. The van der Waals surface area contributed by atoms with Crippen LogP contribution in [0.2, 0.25) is 0 Å². The van der Waals surface area contributed by atoms with Gasteiger partial charge in [0.05, 0.1) is 0 Å². The van der Waals surface area contributed by atoms with Crippen LogP contribution in [0.1, 0.15) is 37.8 Å². The number of nitrogens with zero attached hydrogens (tertiary/aromatic N) is 2. The van der Waals surface area contributed by atoms with Crippen molar-refractivity contribution in [3.05, 3.63) is 24.3 Å². The smallest absolute Gasteiger partial charge is 0.115 e. The Balaban J connectivity index is 1.58. The van der Waals surface area contributed by atoms with Crippen LogP contribution in [-0.4, -0.2) is 16.5 Å². The molecule has 5 unspecified atom stereocenters. The summed E-state index contributed by atoms with van der Waals surface area (Å²) in [6, 6.07) is 0.495. The van der Waals surface area contributed by atoms with E-state index in [1.807, 2.05) is 12.4 Å². The van der Waals surface area contributed by atoms with E-state index in [-0.39, 0.29) is 0 Å². The highest BCUT2D eigenvalue weighted by molar-refractivity contribution is 5.22. The van der Waals surface area contributed by atoms with Crippen LogP contribution in [0.4, 0.5) is 0 Å². The van der Waals surface area contributed by atoms with Crippen molar-refractivity contribution in [3.8, 4) is 0 Å². The van der Waals surface area contributed by atoms with Gasteiger partial charge >= 0.3 is 0 Å². The van der Waals surface area contributed by atoms with Crippen LogP contribution in [0.15, 0.2) is 18.7 Å². The summed E-state index contributed by atoms with van der Waals surface area (Å²) >= 11 is 0. The minimum atomic E-state index is 0.495. The minimum absolute atomic E-state index is 0.495. The Kier molecular flexibility index (Phi) is 2.44. The number of nitrogens with one attached hydrogen (secondary N) is 1. The second kappa shape index (κ2) is 4.02. The summed E-state index contributed by atoms with van der Waals surface area (Å²) in [4.78, 5) is 8.39. The average molecular weight is 243 g/mol. The zero-order valence-electron chi connectivity index (χ0n) is 10.9. The van der Waals surface area contributed by atoms with E-state index in [9.17, 15) is 0 Å². The molecule has 1 N–H and O–H groups in total. The first-order valence-corrected chi connectivity index (χ1v) is 7.38. The zero-order valence-corrected chi connectivity index (χ0v) is 10.9. The third-order valence-electron chi connectivity index (χ3n) is 5.54. The molecule has 0 spiro atoms. The van der Waals surface area contributed by atoms with Crippen molar-refractivity contribution in [3.63, 3.8) is 0 Å². The monoisotopic (exact) mass is 243 g/mol.